The Labute approximate surface area is 110 Å². The minimum atomic E-state index is -2.69. The zero-order valence-corrected chi connectivity index (χ0v) is 10.8. The predicted molar refractivity (Wildman–Crippen MR) is 64.4 cm³/mol. The van der Waals surface area contributed by atoms with Gasteiger partial charge in [-0.2, -0.15) is 0 Å². The van der Waals surface area contributed by atoms with Crippen molar-refractivity contribution in [3.63, 3.8) is 0 Å². The molecule has 0 radical (unpaired) electrons. The fraction of sp³-hybridized carbons (Fsp3) is 0.200. The number of Topliss-reactive ketones (excluding diaryl/α,β-unsaturated/α-hetero) is 1. The molecule has 5 nitrogen and oxygen atoms in total. The van der Waals surface area contributed by atoms with Gasteiger partial charge in [-0.15, -0.1) is 5.53 Å². The number of hydrogen-bond acceptors (Lipinski definition) is 5. The number of halogens is 3. The molecule has 0 saturated heterocycles. The van der Waals surface area contributed by atoms with Gasteiger partial charge < -0.3 is 5.43 Å². The third-order valence-electron chi connectivity index (χ3n) is 2.30. The molecule has 96 valence electrons. The van der Waals surface area contributed by atoms with E-state index in [0.717, 1.165) is 0 Å². The molecule has 0 spiro atoms. The third-order valence-corrected chi connectivity index (χ3v) is 2.73. The number of hydrogen-bond donors (Lipinski definition) is 2. The molecule has 2 heterocycles. The number of pyridine rings is 1. The summed E-state index contributed by atoms with van der Waals surface area (Å²) in [6.45, 7) is 1.34. The molecule has 0 fully saturated rings. The predicted octanol–water partition coefficient (Wildman–Crippen LogP) is 2.04. The lowest BCUT2D eigenvalue weighted by molar-refractivity contribution is -0.113. The van der Waals surface area contributed by atoms with Crippen molar-refractivity contribution in [1.82, 2.24) is 15.9 Å². The molecule has 2 N–H and O–H groups in total. The molecule has 1 aromatic rings. The van der Waals surface area contributed by atoms with Crippen molar-refractivity contribution in [1.29, 1.82) is 0 Å². The van der Waals surface area contributed by atoms with Gasteiger partial charge >= 0.3 is 0 Å². The van der Waals surface area contributed by atoms with Crippen LogP contribution in [0, 0.1) is 0 Å². The topological polar surface area (TPSA) is 57.3 Å². The molecule has 2 rings (SSSR count). The van der Waals surface area contributed by atoms with Crippen LogP contribution in [-0.4, -0.2) is 10.8 Å². The van der Waals surface area contributed by atoms with E-state index < -0.39 is 6.43 Å². The molecular formula is C10H9BrF2N4O. The molecule has 1 aromatic heterocycles. The number of rotatable bonds is 3. The summed E-state index contributed by atoms with van der Waals surface area (Å²) >= 11 is 3.09. The second kappa shape index (κ2) is 4.99. The number of carbonyl (C=O) groups is 1. The van der Waals surface area contributed by atoms with Crippen LogP contribution < -0.4 is 16.0 Å². The van der Waals surface area contributed by atoms with E-state index in [-0.39, 0.29) is 22.9 Å². The van der Waals surface area contributed by atoms with E-state index in [4.69, 9.17) is 0 Å². The molecule has 0 bridgehead atoms. The third kappa shape index (κ3) is 2.34. The minimum Gasteiger partial charge on any atom is -0.309 e. The summed E-state index contributed by atoms with van der Waals surface area (Å²) in [7, 11) is 0. The first-order chi connectivity index (χ1) is 8.50. The molecule has 1 aliphatic rings. The van der Waals surface area contributed by atoms with Crippen molar-refractivity contribution < 1.29 is 13.6 Å². The molecule has 18 heavy (non-hydrogen) atoms. The molecule has 8 heteroatoms. The lowest BCUT2D eigenvalue weighted by Gasteiger charge is -2.21. The minimum absolute atomic E-state index is 0.0142. The first kappa shape index (κ1) is 12.9. The molecule has 0 saturated carbocycles. The first-order valence-electron chi connectivity index (χ1n) is 4.96. The van der Waals surface area contributed by atoms with Crippen molar-refractivity contribution in [2.45, 2.75) is 13.3 Å². The van der Waals surface area contributed by atoms with Crippen LogP contribution in [0.15, 0.2) is 28.6 Å². The SMILES string of the molecule is CC(=O)C1=CNNN1c1ncc(Br)cc1C(F)F. The van der Waals surface area contributed by atoms with Crippen molar-refractivity contribution >= 4 is 27.5 Å². The smallest absolute Gasteiger partial charge is 0.267 e. The Bertz CT molecular complexity index is 521. The van der Waals surface area contributed by atoms with Gasteiger partial charge in [-0.1, -0.05) is 0 Å². The van der Waals surface area contributed by atoms with Crippen LogP contribution in [0.25, 0.3) is 0 Å². The zero-order valence-electron chi connectivity index (χ0n) is 9.25. The highest BCUT2D eigenvalue weighted by Crippen LogP contribution is 2.31. The maximum atomic E-state index is 12.9. The summed E-state index contributed by atoms with van der Waals surface area (Å²) < 4.78 is 26.3. The molecular weight excluding hydrogens is 310 g/mol. The summed E-state index contributed by atoms with van der Waals surface area (Å²) in [6, 6.07) is 1.27. The molecule has 0 atom stereocenters. The van der Waals surface area contributed by atoms with Gasteiger partial charge in [0.05, 0.1) is 5.56 Å². The monoisotopic (exact) mass is 318 g/mol. The van der Waals surface area contributed by atoms with E-state index in [0.29, 0.717) is 4.47 Å². The summed E-state index contributed by atoms with van der Waals surface area (Å²) in [5, 5.41) is 1.19. The van der Waals surface area contributed by atoms with Gasteiger partial charge in [0.15, 0.2) is 11.6 Å². The first-order valence-corrected chi connectivity index (χ1v) is 5.76. The van der Waals surface area contributed by atoms with Gasteiger partial charge in [-0.25, -0.2) is 18.8 Å². The number of alkyl halides is 2. The van der Waals surface area contributed by atoms with E-state index in [1.165, 1.54) is 30.4 Å². The van der Waals surface area contributed by atoms with Crippen molar-refractivity contribution in [2.24, 2.45) is 0 Å². The van der Waals surface area contributed by atoms with Crippen molar-refractivity contribution in [3.8, 4) is 0 Å². The molecule has 0 aromatic carbocycles. The van der Waals surface area contributed by atoms with Crippen LogP contribution in [0.5, 0.6) is 0 Å². The highest BCUT2D eigenvalue weighted by Gasteiger charge is 2.26. The number of ketones is 1. The summed E-state index contributed by atoms with van der Waals surface area (Å²) in [4.78, 5) is 15.3. The summed E-state index contributed by atoms with van der Waals surface area (Å²) in [5.41, 5.74) is 5.10. The second-order valence-corrected chi connectivity index (χ2v) is 4.46. The summed E-state index contributed by atoms with van der Waals surface area (Å²) in [6.07, 6.45) is 0.0842. The van der Waals surface area contributed by atoms with Gasteiger partial charge in [0.2, 0.25) is 0 Å². The van der Waals surface area contributed by atoms with E-state index in [9.17, 15) is 13.6 Å². The van der Waals surface area contributed by atoms with E-state index >= 15 is 0 Å². The van der Waals surface area contributed by atoms with Gasteiger partial charge in [0, 0.05) is 23.8 Å². The van der Waals surface area contributed by atoms with E-state index in [1.54, 1.807) is 0 Å². The van der Waals surface area contributed by atoms with Crippen LogP contribution in [0.2, 0.25) is 0 Å². The van der Waals surface area contributed by atoms with Crippen LogP contribution in [0.4, 0.5) is 14.6 Å². The Morgan fingerprint density at radius 2 is 2.28 bits per heavy atom. The second-order valence-electron chi connectivity index (χ2n) is 3.54. The normalized spacial score (nSPS) is 14.7. The number of nitrogens with zero attached hydrogens (tertiary/aromatic N) is 2. The maximum absolute atomic E-state index is 12.9. The van der Waals surface area contributed by atoms with Gasteiger partial charge in [-0.3, -0.25) is 4.79 Å². The Hall–Kier alpha value is -1.54. The highest BCUT2D eigenvalue weighted by molar-refractivity contribution is 9.10. The zero-order chi connectivity index (χ0) is 13.3. The number of hydrazine groups is 2. The standard InChI is InChI=1S/C10H9BrF2N4O/c1-5(18)8-4-15-16-17(8)10-7(9(12)13)2-6(11)3-14-10/h2-4,9,15-16H,1H3. The number of anilines is 1. The quantitative estimate of drug-likeness (QED) is 0.893. The molecule has 0 amide bonds. The van der Waals surface area contributed by atoms with Crippen molar-refractivity contribution in [2.75, 3.05) is 5.01 Å². The fourth-order valence-electron chi connectivity index (χ4n) is 1.51. The van der Waals surface area contributed by atoms with Crippen LogP contribution in [0.3, 0.4) is 0 Å². The van der Waals surface area contributed by atoms with E-state index in [2.05, 4.69) is 31.9 Å². The molecule has 0 unspecified atom stereocenters. The Morgan fingerprint density at radius 1 is 1.56 bits per heavy atom. The largest absolute Gasteiger partial charge is 0.309 e. The van der Waals surface area contributed by atoms with Gasteiger partial charge in [0.1, 0.15) is 5.70 Å². The number of aromatic nitrogens is 1. The Morgan fingerprint density at radius 3 is 2.89 bits per heavy atom. The van der Waals surface area contributed by atoms with Crippen LogP contribution in [-0.2, 0) is 4.79 Å². The average Bonchev–Trinajstić information content (AvgIpc) is 2.77. The fourth-order valence-corrected chi connectivity index (χ4v) is 1.86. The number of nitrogens with one attached hydrogen (secondary N) is 2. The van der Waals surface area contributed by atoms with Gasteiger partial charge in [0.25, 0.3) is 6.43 Å². The Balaban J connectivity index is 2.45. The average molecular weight is 319 g/mol. The molecule has 1 aliphatic heterocycles. The van der Waals surface area contributed by atoms with Gasteiger partial charge in [-0.05, 0) is 22.0 Å². The van der Waals surface area contributed by atoms with Crippen LogP contribution in [0.1, 0.15) is 18.9 Å². The highest BCUT2D eigenvalue weighted by atomic mass is 79.9. The van der Waals surface area contributed by atoms with Crippen LogP contribution >= 0.6 is 15.9 Å². The maximum Gasteiger partial charge on any atom is 0.267 e. The lowest BCUT2D eigenvalue weighted by atomic mass is 10.2. The summed E-state index contributed by atoms with van der Waals surface area (Å²) in [5.74, 6) is -0.280. The van der Waals surface area contributed by atoms with Crippen molar-refractivity contribution in [3.05, 3.63) is 34.2 Å². The molecule has 0 aliphatic carbocycles. The number of allylic oxidation sites excluding steroid dienone is 1. The number of carbonyl (C=O) groups excluding carboxylic acids is 1. The lowest BCUT2D eigenvalue weighted by Crippen LogP contribution is -2.39. The van der Waals surface area contributed by atoms with E-state index in [1.807, 2.05) is 0 Å². The Kier molecular flexibility index (Phi) is 3.58.